The van der Waals surface area contributed by atoms with Gasteiger partial charge < -0.3 is 10.1 Å². The van der Waals surface area contributed by atoms with Crippen LogP contribution in [0.2, 0.25) is 0 Å². The van der Waals surface area contributed by atoms with Gasteiger partial charge in [0.25, 0.3) is 5.91 Å². The molecule has 1 saturated heterocycles. The van der Waals surface area contributed by atoms with Gasteiger partial charge in [-0.1, -0.05) is 13.3 Å². The summed E-state index contributed by atoms with van der Waals surface area (Å²) in [5, 5.41) is 8.15. The number of hydrogen-bond donors (Lipinski definition) is 2. The van der Waals surface area contributed by atoms with Gasteiger partial charge in [-0.2, -0.15) is 0 Å². The first-order chi connectivity index (χ1) is 12.3. The largest absolute Gasteiger partial charge is 0.496 e. The summed E-state index contributed by atoms with van der Waals surface area (Å²) in [5.41, 5.74) is 0.183. The molecule has 0 radical (unpaired) electrons. The Kier molecular flexibility index (Phi) is 5.55. The molecule has 3 N–H and O–H groups in total. The highest BCUT2D eigenvalue weighted by atomic mass is 32.2. The highest BCUT2D eigenvalue weighted by Crippen LogP contribution is 2.41. The summed E-state index contributed by atoms with van der Waals surface area (Å²) in [6.07, 6.45) is 3.75. The van der Waals surface area contributed by atoms with E-state index in [9.17, 15) is 13.2 Å². The van der Waals surface area contributed by atoms with Crippen molar-refractivity contribution in [3.05, 3.63) is 23.8 Å². The summed E-state index contributed by atoms with van der Waals surface area (Å²) in [6, 6.07) is 4.40. The average Bonchev–Trinajstić information content (AvgIpc) is 3.19. The summed E-state index contributed by atoms with van der Waals surface area (Å²) in [7, 11) is -2.44. The van der Waals surface area contributed by atoms with Crippen molar-refractivity contribution >= 4 is 15.9 Å². The number of hydrogen-bond acceptors (Lipinski definition) is 5. The highest BCUT2D eigenvalue weighted by molar-refractivity contribution is 7.89. The van der Waals surface area contributed by atoms with E-state index in [-0.39, 0.29) is 16.4 Å². The normalized spacial score (nSPS) is 25.9. The summed E-state index contributed by atoms with van der Waals surface area (Å²) in [5.74, 6) is 1.35. The molecule has 2 fully saturated rings. The second kappa shape index (κ2) is 7.54. The lowest BCUT2D eigenvalue weighted by Gasteiger charge is -2.27. The molecule has 1 aliphatic carbocycles. The van der Waals surface area contributed by atoms with Crippen LogP contribution < -0.4 is 15.2 Å². The Hall–Kier alpha value is -1.64. The van der Waals surface area contributed by atoms with Gasteiger partial charge in [-0.05, 0) is 49.4 Å². The first-order valence-corrected chi connectivity index (χ1v) is 10.6. The van der Waals surface area contributed by atoms with Crippen molar-refractivity contribution in [2.24, 2.45) is 17.0 Å². The quantitative estimate of drug-likeness (QED) is 0.771. The predicted octanol–water partition coefficient (Wildman–Crippen LogP) is 1.19. The molecular weight excluding hydrogens is 354 g/mol. The van der Waals surface area contributed by atoms with Gasteiger partial charge in [0.15, 0.2) is 0 Å². The first-order valence-electron chi connectivity index (χ1n) is 9.08. The molecule has 1 heterocycles. The van der Waals surface area contributed by atoms with E-state index in [4.69, 9.17) is 9.88 Å². The van der Waals surface area contributed by atoms with Crippen LogP contribution in [0.25, 0.3) is 0 Å². The van der Waals surface area contributed by atoms with E-state index < -0.39 is 10.0 Å². The molecule has 26 heavy (non-hydrogen) atoms. The molecule has 0 spiro atoms. The van der Waals surface area contributed by atoms with Crippen LogP contribution in [0.3, 0.4) is 0 Å². The third-order valence-electron chi connectivity index (χ3n) is 5.77. The Bertz CT molecular complexity index is 781. The van der Waals surface area contributed by atoms with E-state index in [0.717, 1.165) is 19.0 Å². The van der Waals surface area contributed by atoms with E-state index in [2.05, 4.69) is 17.1 Å². The van der Waals surface area contributed by atoms with E-state index in [0.29, 0.717) is 24.3 Å². The zero-order chi connectivity index (χ0) is 18.9. The monoisotopic (exact) mass is 381 g/mol. The topological polar surface area (TPSA) is 102 Å². The van der Waals surface area contributed by atoms with Crippen LogP contribution >= 0.6 is 0 Å². The third kappa shape index (κ3) is 3.72. The number of sulfonamides is 1. The second-order valence-electron chi connectivity index (χ2n) is 7.13. The average molecular weight is 381 g/mol. The summed E-state index contributed by atoms with van der Waals surface area (Å²) in [6.45, 7) is 4.77. The molecule has 0 bridgehead atoms. The fourth-order valence-corrected chi connectivity index (χ4v) is 5.02. The highest BCUT2D eigenvalue weighted by Gasteiger charge is 2.43. The number of likely N-dealkylation sites (N-methyl/N-ethyl adjacent to an activating group) is 1. The first kappa shape index (κ1) is 19.1. The SMILES string of the molecule is CCN1CC2CCCC2C1CNC(=O)c1cc(S(N)(=O)=O)ccc1OC. The number of nitrogens with one attached hydrogen (secondary N) is 1. The molecule has 8 heteroatoms. The maximum Gasteiger partial charge on any atom is 0.255 e. The van der Waals surface area contributed by atoms with Crippen molar-refractivity contribution in [2.75, 3.05) is 26.7 Å². The van der Waals surface area contributed by atoms with Gasteiger partial charge in [0.05, 0.1) is 17.6 Å². The Balaban J connectivity index is 1.75. The van der Waals surface area contributed by atoms with Crippen molar-refractivity contribution in [1.29, 1.82) is 0 Å². The number of nitrogens with two attached hydrogens (primary N) is 1. The van der Waals surface area contributed by atoms with Crippen LogP contribution in [-0.2, 0) is 10.0 Å². The van der Waals surface area contributed by atoms with E-state index in [1.165, 1.54) is 44.6 Å². The maximum atomic E-state index is 12.7. The van der Waals surface area contributed by atoms with Crippen molar-refractivity contribution in [2.45, 2.75) is 37.1 Å². The predicted molar refractivity (Wildman–Crippen MR) is 98.6 cm³/mol. The second-order valence-corrected chi connectivity index (χ2v) is 8.69. The number of ether oxygens (including phenoxy) is 1. The smallest absolute Gasteiger partial charge is 0.255 e. The van der Waals surface area contributed by atoms with E-state index in [1.807, 2.05) is 0 Å². The Morgan fingerprint density at radius 2 is 2.15 bits per heavy atom. The van der Waals surface area contributed by atoms with Crippen LogP contribution in [0.15, 0.2) is 23.1 Å². The lowest BCUT2D eigenvalue weighted by Crippen LogP contribution is -2.43. The van der Waals surface area contributed by atoms with E-state index in [1.54, 1.807) is 0 Å². The minimum Gasteiger partial charge on any atom is -0.496 e. The molecule has 1 aliphatic heterocycles. The molecule has 2 aliphatic rings. The number of methoxy groups -OCH3 is 1. The molecule has 144 valence electrons. The molecule has 3 atom stereocenters. The standard InChI is InChI=1S/C18H27N3O4S/c1-3-21-11-12-5-4-6-14(12)16(21)10-20-18(22)15-9-13(26(19,23)24)7-8-17(15)25-2/h7-9,12,14,16H,3-6,10-11H2,1-2H3,(H,20,22)(H2,19,23,24). The Morgan fingerprint density at radius 3 is 2.81 bits per heavy atom. The summed E-state index contributed by atoms with van der Waals surface area (Å²) < 4.78 is 28.4. The van der Waals surface area contributed by atoms with Gasteiger partial charge in [0.1, 0.15) is 5.75 Å². The van der Waals surface area contributed by atoms with Crippen molar-refractivity contribution in [3.63, 3.8) is 0 Å². The number of amides is 1. The molecule has 7 nitrogen and oxygen atoms in total. The number of benzene rings is 1. The van der Waals surface area contributed by atoms with Gasteiger partial charge >= 0.3 is 0 Å². The number of rotatable bonds is 6. The van der Waals surface area contributed by atoms with Crippen LogP contribution in [0.4, 0.5) is 0 Å². The Labute approximate surface area is 154 Å². The maximum absolute atomic E-state index is 12.7. The molecule has 1 aromatic rings. The van der Waals surface area contributed by atoms with Crippen LogP contribution in [0, 0.1) is 11.8 Å². The number of likely N-dealkylation sites (tertiary alicyclic amines) is 1. The third-order valence-corrected chi connectivity index (χ3v) is 6.68. The minimum atomic E-state index is -3.88. The zero-order valence-corrected chi connectivity index (χ0v) is 16.1. The summed E-state index contributed by atoms with van der Waals surface area (Å²) in [4.78, 5) is 15.0. The van der Waals surface area contributed by atoms with Crippen molar-refractivity contribution < 1.29 is 17.9 Å². The lowest BCUT2D eigenvalue weighted by atomic mass is 9.94. The number of carbonyl (C=O) groups is 1. The molecule has 3 unspecified atom stereocenters. The van der Waals surface area contributed by atoms with Crippen molar-refractivity contribution in [1.82, 2.24) is 10.2 Å². The lowest BCUT2D eigenvalue weighted by molar-refractivity contribution is 0.0932. The molecule has 0 aromatic heterocycles. The molecular formula is C18H27N3O4S. The van der Waals surface area contributed by atoms with Gasteiger partial charge in [0.2, 0.25) is 10.0 Å². The molecule has 3 rings (SSSR count). The van der Waals surface area contributed by atoms with Crippen LogP contribution in [0.5, 0.6) is 5.75 Å². The van der Waals surface area contributed by atoms with Crippen molar-refractivity contribution in [3.8, 4) is 5.75 Å². The van der Waals surface area contributed by atoms with Crippen LogP contribution in [0.1, 0.15) is 36.5 Å². The van der Waals surface area contributed by atoms with Gasteiger partial charge in [0, 0.05) is 19.1 Å². The number of fused-ring (bicyclic) bond motifs is 1. The van der Waals surface area contributed by atoms with Gasteiger partial charge in [-0.3, -0.25) is 9.69 Å². The fourth-order valence-electron chi connectivity index (χ4n) is 4.48. The van der Waals surface area contributed by atoms with Gasteiger partial charge in [-0.15, -0.1) is 0 Å². The van der Waals surface area contributed by atoms with Crippen LogP contribution in [-0.4, -0.2) is 52.0 Å². The molecule has 1 amide bonds. The van der Waals surface area contributed by atoms with E-state index >= 15 is 0 Å². The minimum absolute atomic E-state index is 0.102. The number of nitrogens with zero attached hydrogens (tertiary/aromatic N) is 1. The Morgan fingerprint density at radius 1 is 1.38 bits per heavy atom. The summed E-state index contributed by atoms with van der Waals surface area (Å²) >= 11 is 0. The number of primary sulfonamides is 1. The molecule has 1 saturated carbocycles. The fraction of sp³-hybridized carbons (Fsp3) is 0.611. The number of carbonyl (C=O) groups excluding carboxylic acids is 1. The molecule has 1 aromatic carbocycles. The zero-order valence-electron chi connectivity index (χ0n) is 15.3. The van der Waals surface area contributed by atoms with Gasteiger partial charge in [-0.25, -0.2) is 13.6 Å².